The molecule has 0 unspecified atom stereocenters. The highest BCUT2D eigenvalue weighted by atomic mass is 16.2. The Kier molecular flexibility index (Phi) is 6.11. The SMILES string of the molecule is Cc1ccc(NC(=O)C2CCC(C(=O)NC3CCCCC3)CC2)cc1. The molecule has 0 spiro atoms. The topological polar surface area (TPSA) is 58.2 Å². The van der Waals surface area contributed by atoms with E-state index in [1.165, 1.54) is 24.8 Å². The van der Waals surface area contributed by atoms with Crippen molar-refractivity contribution in [1.29, 1.82) is 0 Å². The lowest BCUT2D eigenvalue weighted by Crippen LogP contribution is -2.41. The molecule has 1 aromatic carbocycles. The smallest absolute Gasteiger partial charge is 0.227 e. The Morgan fingerprint density at radius 3 is 1.96 bits per heavy atom. The summed E-state index contributed by atoms with van der Waals surface area (Å²) in [5.74, 6) is 0.421. The molecule has 4 nitrogen and oxygen atoms in total. The lowest BCUT2D eigenvalue weighted by molar-refractivity contribution is -0.129. The van der Waals surface area contributed by atoms with E-state index in [1.54, 1.807) is 0 Å². The van der Waals surface area contributed by atoms with Crippen molar-refractivity contribution in [2.75, 3.05) is 5.32 Å². The number of hydrogen-bond acceptors (Lipinski definition) is 2. The normalized spacial score (nSPS) is 24.5. The fourth-order valence-corrected chi connectivity index (χ4v) is 4.06. The molecule has 0 radical (unpaired) electrons. The number of anilines is 1. The molecule has 4 heteroatoms. The van der Waals surface area contributed by atoms with Crippen LogP contribution in [0.5, 0.6) is 0 Å². The van der Waals surface area contributed by atoms with Crippen molar-refractivity contribution >= 4 is 17.5 Å². The van der Waals surface area contributed by atoms with Gasteiger partial charge in [-0.05, 0) is 57.6 Å². The van der Waals surface area contributed by atoms with Gasteiger partial charge in [-0.2, -0.15) is 0 Å². The van der Waals surface area contributed by atoms with Crippen LogP contribution in [0.4, 0.5) is 5.69 Å². The molecule has 1 aromatic rings. The molecular weight excluding hydrogens is 312 g/mol. The van der Waals surface area contributed by atoms with E-state index in [9.17, 15) is 9.59 Å². The largest absolute Gasteiger partial charge is 0.353 e. The van der Waals surface area contributed by atoms with E-state index in [2.05, 4.69) is 10.6 Å². The zero-order chi connectivity index (χ0) is 17.6. The van der Waals surface area contributed by atoms with E-state index in [0.29, 0.717) is 6.04 Å². The second kappa shape index (κ2) is 8.50. The van der Waals surface area contributed by atoms with Crippen LogP contribution in [0.2, 0.25) is 0 Å². The molecule has 2 amide bonds. The Balaban J connectivity index is 1.43. The van der Waals surface area contributed by atoms with E-state index in [0.717, 1.165) is 44.2 Å². The van der Waals surface area contributed by atoms with Crippen molar-refractivity contribution in [2.45, 2.75) is 70.8 Å². The third-order valence-electron chi connectivity index (χ3n) is 5.74. The molecule has 2 saturated carbocycles. The minimum atomic E-state index is 0.0278. The van der Waals surface area contributed by atoms with Gasteiger partial charge in [0, 0.05) is 23.6 Å². The summed E-state index contributed by atoms with van der Waals surface area (Å²) in [6.07, 6.45) is 9.28. The van der Waals surface area contributed by atoms with Crippen LogP contribution in [0.25, 0.3) is 0 Å². The standard InChI is InChI=1S/C21H30N2O2/c1-15-7-13-19(14-8-15)23-21(25)17-11-9-16(10-12-17)20(24)22-18-5-3-2-4-6-18/h7-8,13-14,16-18H,2-6,9-12H2,1H3,(H,22,24)(H,23,25). The van der Waals surface area contributed by atoms with Crippen molar-refractivity contribution in [3.8, 4) is 0 Å². The van der Waals surface area contributed by atoms with Crippen molar-refractivity contribution in [1.82, 2.24) is 5.32 Å². The Bertz CT molecular complexity index is 582. The molecule has 0 atom stereocenters. The summed E-state index contributed by atoms with van der Waals surface area (Å²) < 4.78 is 0. The van der Waals surface area contributed by atoms with Crippen LogP contribution >= 0.6 is 0 Å². The molecule has 3 rings (SSSR count). The third-order valence-corrected chi connectivity index (χ3v) is 5.74. The summed E-state index contributed by atoms with van der Waals surface area (Å²) >= 11 is 0. The van der Waals surface area contributed by atoms with Crippen molar-refractivity contribution < 1.29 is 9.59 Å². The number of hydrogen-bond donors (Lipinski definition) is 2. The maximum atomic E-state index is 12.5. The van der Waals surface area contributed by atoms with Gasteiger partial charge in [0.05, 0.1) is 0 Å². The van der Waals surface area contributed by atoms with Crippen LogP contribution in [0.1, 0.15) is 63.4 Å². The maximum Gasteiger partial charge on any atom is 0.227 e. The third kappa shape index (κ3) is 5.07. The van der Waals surface area contributed by atoms with E-state index in [1.807, 2.05) is 31.2 Å². The molecule has 2 aliphatic rings. The quantitative estimate of drug-likeness (QED) is 0.862. The molecular formula is C21H30N2O2. The van der Waals surface area contributed by atoms with Gasteiger partial charge in [0.25, 0.3) is 0 Å². The van der Waals surface area contributed by atoms with Gasteiger partial charge < -0.3 is 10.6 Å². The van der Waals surface area contributed by atoms with E-state index in [4.69, 9.17) is 0 Å². The molecule has 2 aliphatic carbocycles. The first kappa shape index (κ1) is 18.0. The van der Waals surface area contributed by atoms with Crippen molar-refractivity contribution in [3.63, 3.8) is 0 Å². The Morgan fingerprint density at radius 2 is 1.36 bits per heavy atom. The van der Waals surface area contributed by atoms with Crippen LogP contribution in [0.3, 0.4) is 0 Å². The summed E-state index contributed by atoms with van der Waals surface area (Å²) in [5, 5.41) is 6.25. The first-order valence-corrected chi connectivity index (χ1v) is 9.80. The zero-order valence-corrected chi connectivity index (χ0v) is 15.2. The number of amides is 2. The predicted octanol–water partition coefficient (Wildman–Crippen LogP) is 4.19. The highest BCUT2D eigenvalue weighted by Crippen LogP contribution is 2.30. The van der Waals surface area contributed by atoms with Crippen LogP contribution < -0.4 is 10.6 Å². The first-order chi connectivity index (χ1) is 12.1. The number of carbonyl (C=O) groups excluding carboxylic acids is 2. The van der Waals surface area contributed by atoms with Gasteiger partial charge in [0.2, 0.25) is 11.8 Å². The molecule has 136 valence electrons. The summed E-state index contributed by atoms with van der Waals surface area (Å²) in [5.41, 5.74) is 2.04. The maximum absolute atomic E-state index is 12.5. The van der Waals surface area contributed by atoms with Gasteiger partial charge in [0.1, 0.15) is 0 Å². The van der Waals surface area contributed by atoms with Gasteiger partial charge in [0.15, 0.2) is 0 Å². The molecule has 0 bridgehead atoms. The fraction of sp³-hybridized carbons (Fsp3) is 0.619. The van der Waals surface area contributed by atoms with Crippen LogP contribution in [-0.2, 0) is 9.59 Å². The number of benzene rings is 1. The average molecular weight is 342 g/mol. The van der Waals surface area contributed by atoms with Gasteiger partial charge in [-0.1, -0.05) is 37.0 Å². The first-order valence-electron chi connectivity index (χ1n) is 9.80. The molecule has 0 aliphatic heterocycles. The number of aryl methyl sites for hydroxylation is 1. The molecule has 0 heterocycles. The highest BCUT2D eigenvalue weighted by molar-refractivity contribution is 5.92. The molecule has 0 aromatic heterocycles. The Labute approximate surface area is 150 Å². The van der Waals surface area contributed by atoms with Crippen LogP contribution in [0, 0.1) is 18.8 Å². The monoisotopic (exact) mass is 342 g/mol. The fourth-order valence-electron chi connectivity index (χ4n) is 4.06. The molecule has 25 heavy (non-hydrogen) atoms. The van der Waals surface area contributed by atoms with E-state index in [-0.39, 0.29) is 23.7 Å². The number of nitrogens with one attached hydrogen (secondary N) is 2. The highest BCUT2D eigenvalue weighted by Gasteiger charge is 2.31. The average Bonchev–Trinajstić information content (AvgIpc) is 2.64. The summed E-state index contributed by atoms with van der Waals surface area (Å²) in [6.45, 7) is 2.03. The van der Waals surface area contributed by atoms with Crippen LogP contribution in [-0.4, -0.2) is 17.9 Å². The van der Waals surface area contributed by atoms with Gasteiger partial charge in [-0.25, -0.2) is 0 Å². The molecule has 2 N–H and O–H groups in total. The van der Waals surface area contributed by atoms with Crippen LogP contribution in [0.15, 0.2) is 24.3 Å². The van der Waals surface area contributed by atoms with E-state index >= 15 is 0 Å². The number of carbonyl (C=O) groups is 2. The predicted molar refractivity (Wildman–Crippen MR) is 100 cm³/mol. The zero-order valence-electron chi connectivity index (χ0n) is 15.2. The van der Waals surface area contributed by atoms with Gasteiger partial charge in [-0.3, -0.25) is 9.59 Å². The van der Waals surface area contributed by atoms with Crippen molar-refractivity contribution in [2.24, 2.45) is 11.8 Å². The summed E-state index contributed by atoms with van der Waals surface area (Å²) in [6, 6.07) is 8.26. The van der Waals surface area contributed by atoms with Crippen molar-refractivity contribution in [3.05, 3.63) is 29.8 Å². The number of rotatable bonds is 4. The molecule has 0 saturated heterocycles. The van der Waals surface area contributed by atoms with Gasteiger partial charge >= 0.3 is 0 Å². The summed E-state index contributed by atoms with van der Waals surface area (Å²) in [7, 11) is 0. The molecule has 2 fully saturated rings. The Morgan fingerprint density at radius 1 is 0.800 bits per heavy atom. The van der Waals surface area contributed by atoms with Gasteiger partial charge in [-0.15, -0.1) is 0 Å². The lowest BCUT2D eigenvalue weighted by atomic mass is 9.80. The minimum absolute atomic E-state index is 0.0278. The van der Waals surface area contributed by atoms with E-state index < -0.39 is 0 Å². The summed E-state index contributed by atoms with van der Waals surface area (Å²) in [4.78, 5) is 24.9. The second-order valence-electron chi connectivity index (χ2n) is 7.75. The Hall–Kier alpha value is -1.84. The lowest BCUT2D eigenvalue weighted by Gasteiger charge is -2.29. The second-order valence-corrected chi connectivity index (χ2v) is 7.75. The minimum Gasteiger partial charge on any atom is -0.353 e.